The number of aryl methyl sites for hydroxylation is 1. The number of hydrogen-bond donors (Lipinski definition) is 3. The number of hydrogen-bond acceptors (Lipinski definition) is 11. The number of anilines is 1. The van der Waals surface area contributed by atoms with Crippen molar-refractivity contribution < 1.29 is 14.6 Å². The second-order valence-electron chi connectivity index (χ2n) is 13.0. The van der Waals surface area contributed by atoms with Gasteiger partial charge in [0.05, 0.1) is 22.6 Å². The molecule has 2 fully saturated rings. The van der Waals surface area contributed by atoms with E-state index in [1.807, 2.05) is 0 Å². The lowest BCUT2D eigenvalue weighted by Gasteiger charge is -2.41. The van der Waals surface area contributed by atoms with Gasteiger partial charge in [-0.3, -0.25) is 10.3 Å². The molecule has 11 heteroatoms. The molecular formula is C32H43N7O3S. The number of rotatable bonds is 9. The van der Waals surface area contributed by atoms with Crippen LogP contribution in [0.1, 0.15) is 86.5 Å². The van der Waals surface area contributed by atoms with Gasteiger partial charge < -0.3 is 25.2 Å². The highest BCUT2D eigenvalue weighted by Crippen LogP contribution is 2.54. The summed E-state index contributed by atoms with van der Waals surface area (Å²) >= 11 is 1.45. The van der Waals surface area contributed by atoms with Crippen molar-refractivity contribution in [3.8, 4) is 17.8 Å². The third kappa shape index (κ3) is 5.28. The minimum absolute atomic E-state index is 0.00440. The van der Waals surface area contributed by atoms with Crippen LogP contribution in [0, 0.1) is 16.7 Å². The lowest BCUT2D eigenvalue weighted by atomic mass is 9.63. The van der Waals surface area contributed by atoms with Crippen molar-refractivity contribution in [3.63, 3.8) is 0 Å². The van der Waals surface area contributed by atoms with E-state index < -0.39 is 5.41 Å². The highest BCUT2D eigenvalue weighted by Gasteiger charge is 2.48. The molecule has 1 aliphatic heterocycles. The zero-order valence-corrected chi connectivity index (χ0v) is 26.5. The van der Waals surface area contributed by atoms with Crippen molar-refractivity contribution in [2.24, 2.45) is 0 Å². The second kappa shape index (κ2) is 11.4. The predicted octanol–water partition coefficient (Wildman–Crippen LogP) is 4.96. The summed E-state index contributed by atoms with van der Waals surface area (Å²) in [5.41, 5.74) is 7.47. The van der Waals surface area contributed by atoms with Gasteiger partial charge in [-0.15, -0.1) is 11.3 Å². The Morgan fingerprint density at radius 3 is 2.60 bits per heavy atom. The minimum atomic E-state index is -0.717. The molecule has 2 aromatic heterocycles. The number of likely N-dealkylation sites (N-methyl/N-ethyl adjacent to an activating group) is 2. The fraction of sp³-hybridized carbons (Fsp3) is 0.625. The van der Waals surface area contributed by atoms with Crippen LogP contribution in [0.2, 0.25) is 0 Å². The van der Waals surface area contributed by atoms with E-state index >= 15 is 0 Å². The number of aromatic nitrogens is 2. The van der Waals surface area contributed by atoms with Crippen LogP contribution in [0.15, 0.2) is 17.4 Å². The van der Waals surface area contributed by atoms with Gasteiger partial charge >= 0.3 is 0 Å². The highest BCUT2D eigenvalue weighted by atomic mass is 32.1. The quantitative estimate of drug-likeness (QED) is 0.338. The summed E-state index contributed by atoms with van der Waals surface area (Å²) < 4.78 is 12.6. The fourth-order valence-corrected chi connectivity index (χ4v) is 8.61. The number of fused-ring (bicyclic) bond motifs is 2. The summed E-state index contributed by atoms with van der Waals surface area (Å²) in [6.07, 6.45) is 8.68. The average Bonchev–Trinajstić information content (AvgIpc) is 3.54. The molecule has 43 heavy (non-hydrogen) atoms. The monoisotopic (exact) mass is 605 g/mol. The molecule has 1 saturated heterocycles. The van der Waals surface area contributed by atoms with E-state index in [-0.39, 0.29) is 35.0 Å². The van der Waals surface area contributed by atoms with Crippen molar-refractivity contribution in [1.82, 2.24) is 19.8 Å². The van der Waals surface area contributed by atoms with Gasteiger partial charge in [-0.05, 0) is 104 Å². The zero-order valence-electron chi connectivity index (χ0n) is 25.7. The average molecular weight is 606 g/mol. The molecule has 0 bridgehead atoms. The molecule has 1 saturated carbocycles. The van der Waals surface area contributed by atoms with Gasteiger partial charge in [0, 0.05) is 16.5 Å². The summed E-state index contributed by atoms with van der Waals surface area (Å²) in [5, 5.41) is 31.7. The number of nitrogens with zero attached hydrogens (tertiary/aromatic N) is 5. The van der Waals surface area contributed by atoms with Crippen molar-refractivity contribution in [1.29, 1.82) is 10.7 Å². The molecule has 0 amide bonds. The number of aliphatic hydroxyl groups excluding tert-OH is 1. The highest BCUT2D eigenvalue weighted by molar-refractivity contribution is 7.16. The molecule has 1 spiro atoms. The Balaban J connectivity index is 1.36. The number of aliphatic hydroxyl groups is 1. The van der Waals surface area contributed by atoms with Gasteiger partial charge in [0.25, 0.3) is 0 Å². The molecule has 3 atom stereocenters. The van der Waals surface area contributed by atoms with Crippen molar-refractivity contribution in [3.05, 3.63) is 39.2 Å². The Morgan fingerprint density at radius 1 is 1.23 bits per heavy atom. The third-order valence-corrected chi connectivity index (χ3v) is 11.3. The van der Waals surface area contributed by atoms with E-state index in [9.17, 15) is 15.8 Å². The van der Waals surface area contributed by atoms with Gasteiger partial charge in [-0.2, -0.15) is 15.2 Å². The number of nitrogens with one attached hydrogen (secondary N) is 1. The fourth-order valence-electron chi connectivity index (χ4n) is 7.45. The third-order valence-electron chi connectivity index (χ3n) is 10.3. The Bertz CT molecular complexity index is 1490. The first-order chi connectivity index (χ1) is 20.6. The Kier molecular flexibility index (Phi) is 7.90. The van der Waals surface area contributed by atoms with Crippen molar-refractivity contribution >= 4 is 22.0 Å². The topological polar surface area (TPSA) is 145 Å². The maximum Gasteiger partial charge on any atom is 0.221 e. The van der Waals surface area contributed by atoms with Crippen LogP contribution in [0.3, 0.4) is 0 Å². The summed E-state index contributed by atoms with van der Waals surface area (Å²) in [6.45, 7) is 3.59. The van der Waals surface area contributed by atoms with E-state index in [2.05, 4.69) is 48.9 Å². The molecule has 3 heterocycles. The number of allylic oxidation sites excluding steroid dienone is 2. The van der Waals surface area contributed by atoms with Crippen LogP contribution >= 0.6 is 11.3 Å². The SMILES string of the molecule is C[C@H](Oc1cc(OCC2(N(C)C)CC2)nc(C(=N)C2=C(O)[C@@]3(CCC2)CCCc2sc(N)c(C#N)c23)n1)[C@@H]1CCCN1C. The first kappa shape index (κ1) is 29.9. The van der Waals surface area contributed by atoms with Crippen molar-refractivity contribution in [2.45, 2.75) is 94.2 Å². The normalized spacial score (nSPS) is 25.4. The van der Waals surface area contributed by atoms with E-state index in [4.69, 9.17) is 20.2 Å². The maximum absolute atomic E-state index is 12.0. The zero-order chi connectivity index (χ0) is 30.5. The van der Waals surface area contributed by atoms with E-state index in [1.54, 1.807) is 6.07 Å². The number of nitrogen functional groups attached to an aromatic ring is 1. The molecule has 0 aromatic carbocycles. The largest absolute Gasteiger partial charge is 0.511 e. The minimum Gasteiger partial charge on any atom is -0.511 e. The van der Waals surface area contributed by atoms with Crippen LogP contribution in [-0.2, 0) is 11.8 Å². The van der Waals surface area contributed by atoms with Crippen LogP contribution in [0.25, 0.3) is 0 Å². The standard InChI is InChI=1S/C32H43N7O3S/c1-19(22-9-7-15-39(22)4)42-25-16-24(41-18-31(13-14-31)38(2)3)36-30(37-25)27(34)20-8-5-11-32(28(20)40)12-6-10-23-26(32)21(17-33)29(35)43-23/h16,19,22,34,40H,5-15,18,35H2,1-4H3/t19-,22-,32-/m0/s1. The molecule has 4 aliphatic rings. The second-order valence-corrected chi connectivity index (χ2v) is 14.2. The van der Waals surface area contributed by atoms with Crippen LogP contribution in [-0.4, -0.2) is 82.6 Å². The molecule has 230 valence electrons. The number of likely N-dealkylation sites (tertiary alicyclic amines) is 1. The Hall–Kier alpha value is -3.20. The lowest BCUT2D eigenvalue weighted by molar-refractivity contribution is 0.115. The molecule has 0 unspecified atom stereocenters. The van der Waals surface area contributed by atoms with Gasteiger partial charge in [0.15, 0.2) is 5.82 Å². The van der Waals surface area contributed by atoms with Gasteiger partial charge in [-0.25, -0.2) is 0 Å². The van der Waals surface area contributed by atoms with Gasteiger partial charge in [-0.1, -0.05) is 0 Å². The number of thiophene rings is 1. The summed E-state index contributed by atoms with van der Waals surface area (Å²) in [5.74, 6) is 1.07. The molecule has 3 aliphatic carbocycles. The molecule has 10 nitrogen and oxygen atoms in total. The Labute approximate surface area is 258 Å². The van der Waals surface area contributed by atoms with E-state index in [1.165, 1.54) is 11.3 Å². The summed E-state index contributed by atoms with van der Waals surface area (Å²) in [7, 11) is 6.25. The van der Waals surface area contributed by atoms with Gasteiger partial charge in [0.1, 0.15) is 35.3 Å². The smallest absolute Gasteiger partial charge is 0.221 e. The molecule has 2 aromatic rings. The number of nitriles is 1. The molecule has 6 rings (SSSR count). The van der Waals surface area contributed by atoms with Gasteiger partial charge in [0.2, 0.25) is 11.8 Å². The van der Waals surface area contributed by atoms with Crippen LogP contribution in [0.4, 0.5) is 5.00 Å². The molecule has 0 radical (unpaired) electrons. The lowest BCUT2D eigenvalue weighted by Crippen LogP contribution is -2.38. The maximum atomic E-state index is 12.0. The first-order valence-corrected chi connectivity index (χ1v) is 16.3. The Morgan fingerprint density at radius 2 is 1.95 bits per heavy atom. The van der Waals surface area contributed by atoms with Crippen LogP contribution in [0.5, 0.6) is 11.8 Å². The summed E-state index contributed by atoms with van der Waals surface area (Å²) in [4.78, 5) is 15.0. The van der Waals surface area contributed by atoms with Crippen LogP contribution < -0.4 is 15.2 Å². The predicted molar refractivity (Wildman–Crippen MR) is 167 cm³/mol. The molecule has 4 N–H and O–H groups in total. The van der Waals surface area contributed by atoms with Crippen molar-refractivity contribution in [2.75, 3.05) is 40.0 Å². The number of ether oxygens (including phenoxy) is 2. The summed E-state index contributed by atoms with van der Waals surface area (Å²) in [6, 6.07) is 4.31. The molecular weight excluding hydrogens is 562 g/mol. The first-order valence-electron chi connectivity index (χ1n) is 15.5. The van der Waals surface area contributed by atoms with E-state index in [0.29, 0.717) is 53.8 Å². The van der Waals surface area contributed by atoms with E-state index in [0.717, 1.165) is 61.9 Å². The number of nitrogens with two attached hydrogens (primary N) is 1.